The maximum atomic E-state index is 13.9. The predicted molar refractivity (Wildman–Crippen MR) is 158 cm³/mol. The van der Waals surface area contributed by atoms with E-state index in [1.807, 2.05) is 17.0 Å². The lowest BCUT2D eigenvalue weighted by atomic mass is 9.33. The molecule has 40 heavy (non-hydrogen) atoms. The number of ketones is 1. The minimum absolute atomic E-state index is 0.0146. The van der Waals surface area contributed by atoms with Crippen LogP contribution in [0.2, 0.25) is 0 Å². The van der Waals surface area contributed by atoms with Crippen LogP contribution in [0.1, 0.15) is 106 Å². The number of ether oxygens (including phenoxy) is 1. The summed E-state index contributed by atoms with van der Waals surface area (Å²) >= 11 is 0. The van der Waals surface area contributed by atoms with Gasteiger partial charge in [0, 0.05) is 29.6 Å². The summed E-state index contributed by atoms with van der Waals surface area (Å²) in [6.07, 6.45) is 19.2. The maximum absolute atomic E-state index is 13.9. The fourth-order valence-corrected chi connectivity index (χ4v) is 11.3. The molecule has 1 heterocycles. The van der Waals surface area contributed by atoms with E-state index in [1.165, 1.54) is 0 Å². The van der Waals surface area contributed by atoms with Gasteiger partial charge in [-0.15, -0.1) is 0 Å². The first kappa shape index (κ1) is 28.0. The molecule has 0 bridgehead atoms. The summed E-state index contributed by atoms with van der Waals surface area (Å²) in [6.45, 7) is 16.8. The van der Waals surface area contributed by atoms with Gasteiger partial charge in [-0.2, -0.15) is 0 Å². The van der Waals surface area contributed by atoms with Crippen LogP contribution in [0.15, 0.2) is 35.9 Å². The number of imidazole rings is 1. The maximum Gasteiger partial charge on any atom is 0.312 e. The number of allylic oxidation sites excluding steroid dienone is 3. The third-order valence-electron chi connectivity index (χ3n) is 13.6. The first-order valence-electron chi connectivity index (χ1n) is 15.7. The van der Waals surface area contributed by atoms with Gasteiger partial charge in [0.2, 0.25) is 0 Å². The van der Waals surface area contributed by atoms with Crippen molar-refractivity contribution in [3.05, 3.63) is 35.9 Å². The number of carbonyl (C=O) groups is 2. The third kappa shape index (κ3) is 3.54. The van der Waals surface area contributed by atoms with Crippen molar-refractivity contribution in [1.29, 1.82) is 0 Å². The fourth-order valence-electron chi connectivity index (χ4n) is 11.3. The van der Waals surface area contributed by atoms with Gasteiger partial charge in [0.15, 0.2) is 5.78 Å². The Morgan fingerprint density at radius 1 is 1.02 bits per heavy atom. The summed E-state index contributed by atoms with van der Waals surface area (Å²) in [5.74, 6) is 1.41. The Kier molecular flexibility index (Phi) is 6.07. The largest absolute Gasteiger partial charge is 0.469 e. The van der Waals surface area contributed by atoms with E-state index in [4.69, 9.17) is 4.74 Å². The second-order valence-electron chi connectivity index (χ2n) is 16.3. The van der Waals surface area contributed by atoms with Crippen molar-refractivity contribution >= 4 is 18.0 Å². The number of rotatable bonds is 2. The number of carbonyl (C=O) groups excluding carboxylic acids is 2. The van der Waals surface area contributed by atoms with Crippen LogP contribution in [0.5, 0.6) is 0 Å². The van der Waals surface area contributed by atoms with Crippen LogP contribution >= 0.6 is 0 Å². The molecule has 0 radical (unpaired) electrons. The first-order valence-corrected chi connectivity index (χ1v) is 15.7. The van der Waals surface area contributed by atoms with Crippen molar-refractivity contribution in [1.82, 2.24) is 9.55 Å². The van der Waals surface area contributed by atoms with Crippen LogP contribution in [-0.4, -0.2) is 28.4 Å². The molecule has 5 aliphatic rings. The van der Waals surface area contributed by atoms with Crippen molar-refractivity contribution in [2.24, 2.45) is 50.2 Å². The molecule has 1 aromatic rings. The molecule has 0 aromatic carbocycles. The monoisotopic (exact) mass is 546 g/mol. The van der Waals surface area contributed by atoms with E-state index in [1.54, 1.807) is 25.2 Å². The molecule has 5 heteroatoms. The van der Waals surface area contributed by atoms with E-state index in [2.05, 4.69) is 59.5 Å². The normalized spacial score (nSPS) is 44.5. The molecule has 4 saturated carbocycles. The van der Waals surface area contributed by atoms with Gasteiger partial charge in [0.05, 0.1) is 18.9 Å². The van der Waals surface area contributed by atoms with Gasteiger partial charge in [0.1, 0.15) is 0 Å². The highest BCUT2D eigenvalue weighted by Gasteiger charge is 2.69. The summed E-state index contributed by atoms with van der Waals surface area (Å²) in [5, 5.41) is 0. The second-order valence-corrected chi connectivity index (χ2v) is 16.3. The zero-order valence-corrected chi connectivity index (χ0v) is 26.1. The van der Waals surface area contributed by atoms with Crippen molar-refractivity contribution in [2.75, 3.05) is 7.11 Å². The van der Waals surface area contributed by atoms with Crippen molar-refractivity contribution < 1.29 is 14.3 Å². The molecule has 7 atom stereocenters. The molecular weight excluding hydrogens is 496 g/mol. The van der Waals surface area contributed by atoms with E-state index >= 15 is 0 Å². The number of fused-ring (bicyclic) bond motifs is 7. The van der Waals surface area contributed by atoms with Gasteiger partial charge in [-0.1, -0.05) is 60.1 Å². The van der Waals surface area contributed by atoms with Gasteiger partial charge in [-0.3, -0.25) is 9.59 Å². The minimum Gasteiger partial charge on any atom is -0.469 e. The van der Waals surface area contributed by atoms with Gasteiger partial charge >= 0.3 is 5.97 Å². The van der Waals surface area contributed by atoms with Crippen molar-refractivity contribution in [3.8, 4) is 0 Å². The molecule has 5 nitrogen and oxygen atoms in total. The molecule has 218 valence electrons. The quantitative estimate of drug-likeness (QED) is 0.215. The lowest BCUT2D eigenvalue weighted by Gasteiger charge is -2.70. The SMILES string of the molecule is COC(=O)[C@]12CCC(C)(C)C[C@H]1C1=CC[C@@H]3[C@@]4(C)C/C(=C/n5ccnc5)C(=O)C(C)(C)C4CC[C@@]3(C)[C@]1(C)CC2. The van der Waals surface area contributed by atoms with Crippen LogP contribution < -0.4 is 0 Å². The molecule has 1 aromatic heterocycles. The van der Waals surface area contributed by atoms with Crippen LogP contribution in [-0.2, 0) is 14.3 Å². The Morgan fingerprint density at radius 2 is 1.75 bits per heavy atom. The average Bonchev–Trinajstić information content (AvgIpc) is 3.40. The number of methoxy groups -OCH3 is 1. The third-order valence-corrected chi connectivity index (χ3v) is 13.6. The Hall–Kier alpha value is -2.17. The van der Waals surface area contributed by atoms with E-state index in [0.717, 1.165) is 63.4 Å². The Morgan fingerprint density at radius 3 is 2.42 bits per heavy atom. The first-order chi connectivity index (χ1) is 18.6. The molecule has 0 aliphatic heterocycles. The summed E-state index contributed by atoms with van der Waals surface area (Å²) < 4.78 is 7.46. The highest BCUT2D eigenvalue weighted by molar-refractivity contribution is 6.03. The molecule has 0 saturated heterocycles. The predicted octanol–water partition coefficient (Wildman–Crippen LogP) is 7.88. The Bertz CT molecular complexity index is 1290. The number of Topliss-reactive ketones (excluding diaryl/α,β-unsaturated/α-hetero) is 1. The number of nitrogens with zero attached hydrogens (tertiary/aromatic N) is 2. The highest BCUT2D eigenvalue weighted by atomic mass is 16.5. The smallest absolute Gasteiger partial charge is 0.312 e. The minimum atomic E-state index is -0.397. The summed E-state index contributed by atoms with van der Waals surface area (Å²) in [4.78, 5) is 31.6. The van der Waals surface area contributed by atoms with Crippen molar-refractivity contribution in [3.63, 3.8) is 0 Å². The van der Waals surface area contributed by atoms with Gasteiger partial charge in [0.25, 0.3) is 0 Å². The van der Waals surface area contributed by atoms with Crippen LogP contribution in [0.25, 0.3) is 6.20 Å². The van der Waals surface area contributed by atoms with E-state index < -0.39 is 5.41 Å². The van der Waals surface area contributed by atoms with E-state index in [9.17, 15) is 9.59 Å². The number of aromatic nitrogens is 2. The van der Waals surface area contributed by atoms with E-state index in [-0.39, 0.29) is 39.0 Å². The topological polar surface area (TPSA) is 61.2 Å². The van der Waals surface area contributed by atoms with Gasteiger partial charge in [-0.25, -0.2) is 4.98 Å². The number of hydrogen-bond acceptors (Lipinski definition) is 4. The van der Waals surface area contributed by atoms with Gasteiger partial charge in [-0.05, 0) is 97.2 Å². The zero-order valence-electron chi connectivity index (χ0n) is 26.1. The Labute approximate surface area is 241 Å². The van der Waals surface area contributed by atoms with Crippen LogP contribution in [0.4, 0.5) is 0 Å². The molecule has 0 amide bonds. The van der Waals surface area contributed by atoms with Crippen LogP contribution in [0, 0.1) is 50.2 Å². The molecule has 1 unspecified atom stereocenters. The summed E-state index contributed by atoms with van der Waals surface area (Å²) in [7, 11) is 1.58. The fraction of sp³-hybridized carbons (Fsp3) is 0.743. The Balaban J connectivity index is 1.45. The molecular formula is C35H50N2O3. The molecule has 5 aliphatic carbocycles. The molecule has 0 spiro atoms. The second kappa shape index (κ2) is 8.67. The van der Waals surface area contributed by atoms with E-state index in [0.29, 0.717) is 17.6 Å². The lowest BCUT2D eigenvalue weighted by molar-refractivity contribution is -0.185. The summed E-state index contributed by atoms with van der Waals surface area (Å²) in [5.41, 5.74) is 2.12. The summed E-state index contributed by atoms with van der Waals surface area (Å²) in [6, 6.07) is 0. The molecule has 0 N–H and O–H groups in total. The lowest BCUT2D eigenvalue weighted by Crippen LogP contribution is -2.65. The highest BCUT2D eigenvalue weighted by Crippen LogP contribution is 2.75. The molecule has 6 rings (SSSR count). The van der Waals surface area contributed by atoms with Crippen LogP contribution in [0.3, 0.4) is 0 Å². The van der Waals surface area contributed by atoms with Gasteiger partial charge < -0.3 is 9.30 Å². The molecule has 4 fully saturated rings. The standard InChI is InChI=1S/C35H50N2O3/c1-30(2)13-15-35(29(39)40-8)16-14-33(6)24(25(35)20-30)9-10-27-32(5)19-23(21-37-18-17-36-22-37)28(38)31(3,4)26(32)11-12-34(27,33)7/h9,17-18,21-22,25-27H,10-16,19-20H2,1-8H3/b23-21-/t25-,26?,27+,32-,33+,34+,35-/m0/s1. The number of esters is 1. The average molecular weight is 547 g/mol. The zero-order chi connectivity index (χ0) is 28.9. The number of hydrogen-bond donors (Lipinski definition) is 0. The van der Waals surface area contributed by atoms with Crippen molar-refractivity contribution in [2.45, 2.75) is 106 Å².